The van der Waals surface area contributed by atoms with E-state index in [0.717, 1.165) is 67.4 Å². The summed E-state index contributed by atoms with van der Waals surface area (Å²) in [5, 5.41) is 6.70. The van der Waals surface area contributed by atoms with Gasteiger partial charge in [0.1, 0.15) is 11.5 Å². The number of methoxy groups -OCH3 is 2. The van der Waals surface area contributed by atoms with Gasteiger partial charge in [-0.1, -0.05) is 97.1 Å². The zero-order valence-corrected chi connectivity index (χ0v) is 32.9. The SMILES string of the molecule is CCOC(=O)c1cc(Nc2ccc(-c3ccc(-c4ccc(OC)cc4)cc3)cc2)c(C(=O)OCC)cc1Nc1ccc(-c2ccc(-c3ccc(OC)cc3)cc2)cc1. The van der Waals surface area contributed by atoms with Crippen LogP contribution in [-0.2, 0) is 9.47 Å². The third-order valence-corrected chi connectivity index (χ3v) is 9.76. The van der Waals surface area contributed by atoms with Crippen molar-refractivity contribution in [1.82, 2.24) is 0 Å². The molecule has 0 atom stereocenters. The highest BCUT2D eigenvalue weighted by atomic mass is 16.5. The number of carbonyl (C=O) groups is 2. The molecular weight excluding hydrogens is 725 g/mol. The molecule has 0 heterocycles. The van der Waals surface area contributed by atoms with Gasteiger partial charge in [-0.2, -0.15) is 0 Å². The zero-order chi connectivity index (χ0) is 40.4. The van der Waals surface area contributed by atoms with Crippen molar-refractivity contribution in [1.29, 1.82) is 0 Å². The molecule has 0 bridgehead atoms. The second-order valence-electron chi connectivity index (χ2n) is 13.4. The summed E-state index contributed by atoms with van der Waals surface area (Å²) in [4.78, 5) is 26.8. The molecule has 0 saturated heterocycles. The van der Waals surface area contributed by atoms with E-state index in [0.29, 0.717) is 11.4 Å². The van der Waals surface area contributed by atoms with E-state index in [1.54, 1.807) is 40.2 Å². The molecule has 7 aromatic rings. The van der Waals surface area contributed by atoms with Crippen LogP contribution in [0.4, 0.5) is 22.7 Å². The Morgan fingerprint density at radius 3 is 0.879 bits per heavy atom. The molecule has 0 radical (unpaired) electrons. The molecular formula is C50H44N2O6. The lowest BCUT2D eigenvalue weighted by atomic mass is 10.00. The quantitative estimate of drug-likeness (QED) is 0.106. The average molecular weight is 769 g/mol. The summed E-state index contributed by atoms with van der Waals surface area (Å²) in [6.45, 7) is 3.89. The summed E-state index contributed by atoms with van der Waals surface area (Å²) >= 11 is 0. The molecule has 0 fully saturated rings. The molecule has 0 aliphatic carbocycles. The van der Waals surface area contributed by atoms with E-state index in [2.05, 4.69) is 59.2 Å². The Balaban J connectivity index is 1.11. The van der Waals surface area contributed by atoms with E-state index in [1.807, 2.05) is 97.1 Å². The first kappa shape index (κ1) is 38.9. The summed E-state index contributed by atoms with van der Waals surface area (Å²) in [6, 6.07) is 51.8. The molecule has 0 unspecified atom stereocenters. The van der Waals surface area contributed by atoms with Crippen LogP contribution in [0.15, 0.2) is 158 Å². The Hall–Kier alpha value is -7.32. The molecule has 7 rings (SSSR count). The Kier molecular flexibility index (Phi) is 12.1. The molecule has 0 saturated carbocycles. The van der Waals surface area contributed by atoms with Gasteiger partial charge in [0.2, 0.25) is 0 Å². The number of hydrogen-bond donors (Lipinski definition) is 2. The highest BCUT2D eigenvalue weighted by Crippen LogP contribution is 2.34. The topological polar surface area (TPSA) is 95.1 Å². The van der Waals surface area contributed by atoms with Crippen LogP contribution >= 0.6 is 0 Å². The second-order valence-corrected chi connectivity index (χ2v) is 13.4. The van der Waals surface area contributed by atoms with Gasteiger partial charge < -0.3 is 29.6 Å². The minimum atomic E-state index is -0.523. The van der Waals surface area contributed by atoms with Gasteiger partial charge in [0.05, 0.1) is 49.9 Å². The van der Waals surface area contributed by atoms with Gasteiger partial charge in [-0.25, -0.2) is 9.59 Å². The van der Waals surface area contributed by atoms with E-state index in [9.17, 15) is 9.59 Å². The lowest BCUT2D eigenvalue weighted by Crippen LogP contribution is -2.13. The molecule has 0 amide bonds. The first-order valence-corrected chi connectivity index (χ1v) is 19.1. The smallest absolute Gasteiger partial charge is 0.340 e. The molecule has 290 valence electrons. The zero-order valence-electron chi connectivity index (χ0n) is 32.9. The maximum Gasteiger partial charge on any atom is 0.340 e. The van der Waals surface area contributed by atoms with Crippen molar-refractivity contribution in [2.24, 2.45) is 0 Å². The largest absolute Gasteiger partial charge is 0.497 e. The first-order chi connectivity index (χ1) is 28.3. The lowest BCUT2D eigenvalue weighted by molar-refractivity contribution is 0.0513. The Labute approximate surface area is 339 Å². The van der Waals surface area contributed by atoms with Crippen LogP contribution in [0.2, 0.25) is 0 Å². The number of rotatable bonds is 14. The summed E-state index contributed by atoms with van der Waals surface area (Å²) in [6.07, 6.45) is 0. The second kappa shape index (κ2) is 18.1. The standard InChI is InChI=1S/C50H44N2O6/c1-5-57-49(53)45-31-48(52-42-25-17-38(18-26-42)34-9-13-36(14-10-34)40-21-29-44(56-4)30-22-40)46(50(54)58-6-2)32-47(45)51-41-23-15-37(16-24-41)33-7-11-35(12-8-33)39-19-27-43(55-3)28-20-39/h7-32,51-52H,5-6H2,1-4H3. The number of carbonyl (C=O) groups excluding carboxylic acids is 2. The van der Waals surface area contributed by atoms with Gasteiger partial charge >= 0.3 is 11.9 Å². The van der Waals surface area contributed by atoms with Crippen LogP contribution in [0, 0.1) is 0 Å². The normalized spacial score (nSPS) is 10.7. The van der Waals surface area contributed by atoms with Crippen LogP contribution in [0.5, 0.6) is 11.5 Å². The number of ether oxygens (including phenoxy) is 4. The van der Waals surface area contributed by atoms with E-state index < -0.39 is 11.9 Å². The molecule has 8 heteroatoms. The number of anilines is 4. The fourth-order valence-electron chi connectivity index (χ4n) is 6.64. The molecule has 0 aromatic heterocycles. The molecule has 0 aliphatic rings. The molecule has 7 aromatic carbocycles. The van der Waals surface area contributed by atoms with Crippen LogP contribution in [0.25, 0.3) is 44.5 Å². The fourth-order valence-corrected chi connectivity index (χ4v) is 6.64. The summed E-state index contributed by atoms with van der Waals surface area (Å²) < 4.78 is 21.5. The maximum atomic E-state index is 13.4. The van der Waals surface area contributed by atoms with Gasteiger partial charge in [-0.3, -0.25) is 0 Å². The van der Waals surface area contributed by atoms with Gasteiger partial charge in [-0.05, 0) is 119 Å². The van der Waals surface area contributed by atoms with Crippen molar-refractivity contribution in [2.45, 2.75) is 13.8 Å². The van der Waals surface area contributed by atoms with Crippen LogP contribution in [-0.4, -0.2) is 39.4 Å². The predicted octanol–water partition coefficient (Wildman–Crippen LogP) is 12.2. The highest BCUT2D eigenvalue weighted by molar-refractivity contribution is 6.04. The molecule has 0 aliphatic heterocycles. The lowest BCUT2D eigenvalue weighted by Gasteiger charge is -2.18. The van der Waals surface area contributed by atoms with Gasteiger partial charge in [-0.15, -0.1) is 0 Å². The minimum absolute atomic E-state index is 0.190. The van der Waals surface area contributed by atoms with E-state index >= 15 is 0 Å². The predicted molar refractivity (Wildman–Crippen MR) is 233 cm³/mol. The van der Waals surface area contributed by atoms with Crippen molar-refractivity contribution in [3.8, 4) is 56.0 Å². The van der Waals surface area contributed by atoms with Crippen molar-refractivity contribution in [2.75, 3.05) is 38.1 Å². The van der Waals surface area contributed by atoms with Crippen molar-refractivity contribution in [3.05, 3.63) is 169 Å². The van der Waals surface area contributed by atoms with Crippen LogP contribution in [0.1, 0.15) is 34.6 Å². The fraction of sp³-hybridized carbons (Fsp3) is 0.120. The summed E-state index contributed by atoms with van der Waals surface area (Å²) in [7, 11) is 3.32. The maximum absolute atomic E-state index is 13.4. The highest BCUT2D eigenvalue weighted by Gasteiger charge is 2.22. The molecule has 8 nitrogen and oxygen atoms in total. The average Bonchev–Trinajstić information content (AvgIpc) is 3.27. The third kappa shape index (κ3) is 9.03. The molecule has 2 N–H and O–H groups in total. The number of hydrogen-bond acceptors (Lipinski definition) is 8. The van der Waals surface area contributed by atoms with E-state index in [-0.39, 0.29) is 24.3 Å². The first-order valence-electron chi connectivity index (χ1n) is 19.1. The summed E-state index contributed by atoms with van der Waals surface area (Å²) in [5.41, 5.74) is 11.4. The van der Waals surface area contributed by atoms with Crippen molar-refractivity contribution < 1.29 is 28.5 Å². The number of benzene rings is 7. The van der Waals surface area contributed by atoms with E-state index in [1.165, 1.54) is 0 Å². The number of esters is 2. The Morgan fingerprint density at radius 1 is 0.397 bits per heavy atom. The van der Waals surface area contributed by atoms with Gasteiger partial charge in [0.25, 0.3) is 0 Å². The van der Waals surface area contributed by atoms with Crippen LogP contribution < -0.4 is 20.1 Å². The molecule has 58 heavy (non-hydrogen) atoms. The number of nitrogens with one attached hydrogen (secondary N) is 2. The van der Waals surface area contributed by atoms with Crippen molar-refractivity contribution >= 4 is 34.7 Å². The Morgan fingerprint density at radius 2 is 0.638 bits per heavy atom. The molecule has 0 spiro atoms. The Bertz CT molecular complexity index is 2300. The monoisotopic (exact) mass is 768 g/mol. The van der Waals surface area contributed by atoms with Gasteiger partial charge in [0.15, 0.2) is 0 Å². The van der Waals surface area contributed by atoms with Crippen LogP contribution in [0.3, 0.4) is 0 Å². The summed E-state index contributed by atoms with van der Waals surface area (Å²) in [5.74, 6) is 0.593. The minimum Gasteiger partial charge on any atom is -0.497 e. The third-order valence-electron chi connectivity index (χ3n) is 9.76. The van der Waals surface area contributed by atoms with E-state index in [4.69, 9.17) is 18.9 Å². The van der Waals surface area contributed by atoms with Gasteiger partial charge in [0, 0.05) is 11.4 Å². The van der Waals surface area contributed by atoms with Crippen molar-refractivity contribution in [3.63, 3.8) is 0 Å².